The van der Waals surface area contributed by atoms with Gasteiger partial charge in [0.25, 0.3) is 5.95 Å². The van der Waals surface area contributed by atoms with Gasteiger partial charge in [0.15, 0.2) is 0 Å². The van der Waals surface area contributed by atoms with Gasteiger partial charge in [-0.15, -0.1) is 5.10 Å². The summed E-state index contributed by atoms with van der Waals surface area (Å²) in [7, 11) is 0. The van der Waals surface area contributed by atoms with Gasteiger partial charge in [-0.05, 0) is 43.7 Å². The topological polar surface area (TPSA) is 85.6 Å². The molecule has 8 heteroatoms. The van der Waals surface area contributed by atoms with Crippen LogP contribution in [0.5, 0.6) is 0 Å². The maximum Gasteiger partial charge on any atom is 0.272 e. The number of carbonyl (C=O) groups excluding carboxylic acids is 1. The Kier molecular flexibility index (Phi) is 4.54. The number of hydrogen-bond donors (Lipinski definition) is 1. The Balaban J connectivity index is 1.61. The zero-order valence-electron chi connectivity index (χ0n) is 17.0. The molecule has 0 spiro atoms. The third-order valence-corrected chi connectivity index (χ3v) is 5.42. The van der Waals surface area contributed by atoms with Crippen molar-refractivity contribution in [3.63, 3.8) is 0 Å². The summed E-state index contributed by atoms with van der Waals surface area (Å²) in [5.41, 5.74) is 5.17. The monoisotopic (exact) mass is 414 g/mol. The lowest BCUT2D eigenvalue weighted by Crippen LogP contribution is -2.25. The van der Waals surface area contributed by atoms with Crippen LogP contribution in [0, 0.1) is 19.7 Å². The van der Waals surface area contributed by atoms with Crippen LogP contribution in [0.15, 0.2) is 54.7 Å². The number of nitrogens with one attached hydrogen (secondary N) is 1. The van der Waals surface area contributed by atoms with E-state index < -0.39 is 0 Å². The van der Waals surface area contributed by atoms with Gasteiger partial charge in [0.2, 0.25) is 5.91 Å². The molecule has 3 heterocycles. The molecule has 1 atom stereocenters. The van der Waals surface area contributed by atoms with Gasteiger partial charge >= 0.3 is 0 Å². The number of fused-ring (bicyclic) bond motifs is 1. The largest absolute Gasteiger partial charge is 0.310 e. The number of carbonyl (C=O) groups is 1. The van der Waals surface area contributed by atoms with Crippen molar-refractivity contribution in [3.05, 3.63) is 82.9 Å². The number of anilines is 1. The van der Waals surface area contributed by atoms with Crippen LogP contribution in [0.25, 0.3) is 17.2 Å². The number of hydrogen-bond acceptors (Lipinski definition) is 5. The summed E-state index contributed by atoms with van der Waals surface area (Å²) in [5, 5.41) is 15.7. The maximum atomic E-state index is 13.3. The van der Waals surface area contributed by atoms with E-state index in [9.17, 15) is 9.18 Å². The van der Waals surface area contributed by atoms with Crippen molar-refractivity contribution in [3.8, 4) is 17.2 Å². The fourth-order valence-corrected chi connectivity index (χ4v) is 4.01. The minimum absolute atomic E-state index is 0.0946. The summed E-state index contributed by atoms with van der Waals surface area (Å²) in [4.78, 5) is 17.1. The molecule has 2 aromatic heterocycles. The maximum absolute atomic E-state index is 13.3. The molecule has 7 nitrogen and oxygen atoms in total. The lowest BCUT2D eigenvalue weighted by Gasteiger charge is -2.24. The quantitative estimate of drug-likeness (QED) is 0.549. The average molecular weight is 414 g/mol. The Bertz CT molecular complexity index is 1300. The van der Waals surface area contributed by atoms with Gasteiger partial charge in [0.1, 0.15) is 11.6 Å². The van der Waals surface area contributed by atoms with E-state index in [1.807, 2.05) is 32.0 Å². The van der Waals surface area contributed by atoms with E-state index in [-0.39, 0.29) is 23.6 Å². The van der Waals surface area contributed by atoms with Crippen molar-refractivity contribution >= 4 is 11.7 Å². The molecule has 0 bridgehead atoms. The summed E-state index contributed by atoms with van der Waals surface area (Å²) < 4.78 is 14.8. The molecule has 154 valence electrons. The van der Waals surface area contributed by atoms with E-state index in [1.165, 1.54) is 23.0 Å². The van der Waals surface area contributed by atoms with Crippen LogP contribution < -0.4 is 5.32 Å². The van der Waals surface area contributed by atoms with E-state index in [0.717, 1.165) is 22.4 Å². The Morgan fingerprint density at radius 3 is 2.71 bits per heavy atom. The fourth-order valence-electron chi connectivity index (χ4n) is 4.01. The molecule has 0 saturated carbocycles. The molecule has 1 aliphatic rings. The number of aromatic nitrogens is 5. The van der Waals surface area contributed by atoms with E-state index in [1.54, 1.807) is 12.1 Å². The van der Waals surface area contributed by atoms with Crippen LogP contribution in [-0.4, -0.2) is 30.9 Å². The summed E-state index contributed by atoms with van der Waals surface area (Å²) in [6.45, 7) is 3.94. The molecule has 0 aliphatic carbocycles. The molecule has 1 aliphatic heterocycles. The van der Waals surface area contributed by atoms with Gasteiger partial charge in [0.05, 0.1) is 17.6 Å². The Morgan fingerprint density at radius 2 is 1.94 bits per heavy atom. The molecule has 5 rings (SSSR count). The number of halogens is 1. The van der Waals surface area contributed by atoms with Crippen molar-refractivity contribution < 1.29 is 9.18 Å². The van der Waals surface area contributed by atoms with Gasteiger partial charge in [-0.1, -0.05) is 29.8 Å². The fraction of sp³-hybridized carbons (Fsp3) is 0.174. The third kappa shape index (κ3) is 3.46. The first-order valence-electron chi connectivity index (χ1n) is 9.91. The van der Waals surface area contributed by atoms with E-state index in [0.29, 0.717) is 23.5 Å². The standard InChI is InChI=1S/C23H19FN6O/c1-13-4-3-5-16(10-13)18-11-20(31)27-22-21(18)14(2)29-30(22)23-26-19(12-25-28-23)15-6-8-17(24)9-7-15/h3-10,12,18H,11H2,1-2H3,(H,27,31)/t18-/m1/s1. The predicted octanol–water partition coefficient (Wildman–Crippen LogP) is 3.95. The van der Waals surface area contributed by atoms with Gasteiger partial charge in [-0.3, -0.25) is 4.79 Å². The summed E-state index contributed by atoms with van der Waals surface area (Å²) in [5.74, 6) is 0.260. The van der Waals surface area contributed by atoms with Gasteiger partial charge in [-0.25, -0.2) is 9.37 Å². The molecule has 0 radical (unpaired) electrons. The van der Waals surface area contributed by atoms with Crippen LogP contribution in [0.4, 0.5) is 10.2 Å². The molecule has 1 N–H and O–H groups in total. The highest BCUT2D eigenvalue weighted by atomic mass is 19.1. The first-order valence-corrected chi connectivity index (χ1v) is 9.91. The lowest BCUT2D eigenvalue weighted by molar-refractivity contribution is -0.116. The smallest absolute Gasteiger partial charge is 0.272 e. The Labute approximate surface area is 178 Å². The van der Waals surface area contributed by atoms with E-state index in [2.05, 4.69) is 31.7 Å². The number of aryl methyl sites for hydroxylation is 2. The first-order chi connectivity index (χ1) is 15.0. The number of rotatable bonds is 3. The highest BCUT2D eigenvalue weighted by Gasteiger charge is 2.33. The van der Waals surface area contributed by atoms with Crippen LogP contribution >= 0.6 is 0 Å². The molecule has 1 amide bonds. The first kappa shape index (κ1) is 19.0. The van der Waals surface area contributed by atoms with Crippen molar-refractivity contribution in [1.82, 2.24) is 25.0 Å². The molecule has 0 fully saturated rings. The second-order valence-electron chi connectivity index (χ2n) is 7.63. The number of nitrogens with zero attached hydrogens (tertiary/aromatic N) is 5. The van der Waals surface area contributed by atoms with Gasteiger partial charge in [-0.2, -0.15) is 14.9 Å². The highest BCUT2D eigenvalue weighted by molar-refractivity contribution is 5.95. The van der Waals surface area contributed by atoms with Crippen molar-refractivity contribution in [2.45, 2.75) is 26.2 Å². The predicted molar refractivity (Wildman–Crippen MR) is 113 cm³/mol. The molecule has 0 unspecified atom stereocenters. The molecule has 2 aromatic carbocycles. The van der Waals surface area contributed by atoms with Crippen molar-refractivity contribution in [2.24, 2.45) is 0 Å². The van der Waals surface area contributed by atoms with Crippen molar-refractivity contribution in [2.75, 3.05) is 5.32 Å². The Hall–Kier alpha value is -3.94. The number of amides is 1. The van der Waals surface area contributed by atoms with Crippen LogP contribution in [0.2, 0.25) is 0 Å². The highest BCUT2D eigenvalue weighted by Crippen LogP contribution is 2.40. The summed E-state index contributed by atoms with van der Waals surface area (Å²) in [6.07, 6.45) is 1.85. The third-order valence-electron chi connectivity index (χ3n) is 5.42. The second-order valence-corrected chi connectivity index (χ2v) is 7.63. The van der Waals surface area contributed by atoms with Crippen LogP contribution in [-0.2, 0) is 4.79 Å². The molecular formula is C23H19FN6O. The van der Waals surface area contributed by atoms with Crippen LogP contribution in [0.3, 0.4) is 0 Å². The summed E-state index contributed by atoms with van der Waals surface area (Å²) >= 11 is 0. The van der Waals surface area contributed by atoms with E-state index >= 15 is 0 Å². The van der Waals surface area contributed by atoms with E-state index in [4.69, 9.17) is 0 Å². The molecule has 0 saturated heterocycles. The van der Waals surface area contributed by atoms with Gasteiger partial charge in [0, 0.05) is 23.5 Å². The zero-order chi connectivity index (χ0) is 21.5. The average Bonchev–Trinajstić information content (AvgIpc) is 3.10. The normalized spacial score (nSPS) is 15.5. The van der Waals surface area contributed by atoms with Crippen molar-refractivity contribution in [1.29, 1.82) is 0 Å². The van der Waals surface area contributed by atoms with Gasteiger partial charge < -0.3 is 5.32 Å². The minimum Gasteiger partial charge on any atom is -0.310 e. The molecule has 31 heavy (non-hydrogen) atoms. The Morgan fingerprint density at radius 1 is 1.13 bits per heavy atom. The lowest BCUT2D eigenvalue weighted by atomic mass is 9.85. The molecule has 4 aromatic rings. The van der Waals surface area contributed by atoms with Crippen LogP contribution in [0.1, 0.15) is 34.7 Å². The number of benzene rings is 2. The zero-order valence-corrected chi connectivity index (χ0v) is 17.0. The SMILES string of the molecule is Cc1cccc([C@H]2CC(=O)Nc3c2c(C)nn3-c2nncc(-c3ccc(F)cc3)n2)c1. The summed E-state index contributed by atoms with van der Waals surface area (Å²) in [6, 6.07) is 14.1. The molecular weight excluding hydrogens is 395 g/mol. The second kappa shape index (κ2) is 7.39. The minimum atomic E-state index is -0.326.